The molecule has 5 aliphatic rings. The minimum Gasteiger partial charge on any atom is -0.490 e. The Morgan fingerprint density at radius 2 is 1.70 bits per heavy atom. The van der Waals surface area contributed by atoms with Gasteiger partial charge in [-0.2, -0.15) is 5.26 Å². The van der Waals surface area contributed by atoms with E-state index in [-0.39, 0.29) is 42.6 Å². The molecule has 57 heavy (non-hydrogen) atoms. The van der Waals surface area contributed by atoms with Crippen LogP contribution in [0.3, 0.4) is 0 Å². The van der Waals surface area contributed by atoms with Crippen LogP contribution < -0.4 is 25.2 Å². The number of carbonyl (C=O) groups is 4. The van der Waals surface area contributed by atoms with Crippen molar-refractivity contribution in [1.29, 1.82) is 5.26 Å². The topological polar surface area (TPSA) is 171 Å². The number of halogens is 1. The quantitative estimate of drug-likeness (QED) is 0.261. The molecule has 0 radical (unpaired) electrons. The van der Waals surface area contributed by atoms with Crippen LogP contribution in [0.5, 0.6) is 5.75 Å². The van der Waals surface area contributed by atoms with Crippen LogP contribution in [0.15, 0.2) is 54.7 Å². The van der Waals surface area contributed by atoms with Crippen molar-refractivity contribution in [1.82, 2.24) is 20.1 Å². The predicted molar refractivity (Wildman–Crippen MR) is 213 cm³/mol. The Labute approximate surface area is 336 Å². The number of nitrogens with zero attached hydrogens (tertiary/aromatic N) is 6. The summed E-state index contributed by atoms with van der Waals surface area (Å²) in [5.41, 5.74) is 2.93. The van der Waals surface area contributed by atoms with Gasteiger partial charge in [-0.25, -0.2) is 4.98 Å². The second-order valence-corrected chi connectivity index (χ2v) is 16.2. The summed E-state index contributed by atoms with van der Waals surface area (Å²) in [5.74, 6) is 0.765. The molecule has 1 aromatic heterocycles. The lowest BCUT2D eigenvalue weighted by molar-refractivity contribution is -0.139. The number of pyridine rings is 1. The summed E-state index contributed by atoms with van der Waals surface area (Å²) in [4.78, 5) is 63.5. The van der Waals surface area contributed by atoms with Crippen molar-refractivity contribution >= 4 is 52.4 Å². The third-order valence-corrected chi connectivity index (χ3v) is 12.5. The van der Waals surface area contributed by atoms with Crippen LogP contribution >= 0.6 is 11.6 Å². The molecule has 2 atom stereocenters. The number of aliphatic hydroxyl groups excluding tert-OH is 1. The lowest BCUT2D eigenvalue weighted by Crippen LogP contribution is -2.53. The number of aromatic nitrogens is 1. The summed E-state index contributed by atoms with van der Waals surface area (Å²) >= 11 is 6.15. The van der Waals surface area contributed by atoms with Crippen molar-refractivity contribution in [2.24, 2.45) is 11.8 Å². The first-order chi connectivity index (χ1) is 27.6. The van der Waals surface area contributed by atoms with Gasteiger partial charge in [0.05, 0.1) is 28.6 Å². The number of hydrogen-bond donors (Lipinski definition) is 3. The summed E-state index contributed by atoms with van der Waals surface area (Å²) in [6, 6.07) is 15.7. The molecule has 5 heterocycles. The molecule has 1 aliphatic carbocycles. The third kappa shape index (κ3) is 8.42. The predicted octanol–water partition coefficient (Wildman–Crippen LogP) is 4.47. The average molecular weight is 795 g/mol. The molecule has 3 aromatic rings. The monoisotopic (exact) mass is 794 g/mol. The van der Waals surface area contributed by atoms with E-state index in [1.807, 2.05) is 24.3 Å². The zero-order chi connectivity index (χ0) is 39.6. The summed E-state index contributed by atoms with van der Waals surface area (Å²) in [7, 11) is 0. The standard InChI is InChI=1S/C42H47ClN8O6/c43-35-22-32(8-3-28(35)23-44)57-31-6-1-27(2-7-31)39(53)46-29-4-11-37(45-24-29)50-15-13-26(14-16-50)25-48-17-19-49(20-18-48)30-5-9-33-34(21-30)42(56)51(41(33)55)36-10-12-38(52)47-40(36)54/h3-5,8-9,11,21-22,24,26-27,31,36,41,55H,1-2,6-7,10,12-20,25H2,(H,46,53)(H,47,52,54). The van der Waals surface area contributed by atoms with Gasteiger partial charge in [-0.05, 0) is 87.3 Å². The van der Waals surface area contributed by atoms with Crippen molar-refractivity contribution in [2.45, 2.75) is 69.7 Å². The fraction of sp³-hybridized carbons (Fsp3) is 0.476. The Kier molecular flexibility index (Phi) is 11.3. The number of carbonyl (C=O) groups excluding carboxylic acids is 4. The molecular formula is C42H47ClN8O6. The first-order valence-corrected chi connectivity index (χ1v) is 20.3. The normalized spacial score (nSPS) is 24.5. The van der Waals surface area contributed by atoms with Crippen LogP contribution in [-0.4, -0.2) is 101 Å². The van der Waals surface area contributed by atoms with Crippen molar-refractivity contribution < 1.29 is 29.0 Å². The largest absolute Gasteiger partial charge is 0.490 e. The van der Waals surface area contributed by atoms with Gasteiger partial charge in [0.15, 0.2) is 6.23 Å². The van der Waals surface area contributed by atoms with Gasteiger partial charge in [-0.1, -0.05) is 17.7 Å². The maximum absolute atomic E-state index is 13.4. The van der Waals surface area contributed by atoms with Gasteiger partial charge in [0, 0.05) is 81.0 Å². The molecule has 4 amide bonds. The van der Waals surface area contributed by atoms with E-state index in [1.165, 1.54) is 4.90 Å². The third-order valence-electron chi connectivity index (χ3n) is 12.2. The van der Waals surface area contributed by atoms with Gasteiger partial charge in [0.2, 0.25) is 17.7 Å². The fourth-order valence-electron chi connectivity index (χ4n) is 8.90. The van der Waals surface area contributed by atoms with E-state index in [2.05, 4.69) is 31.4 Å². The molecule has 1 saturated carbocycles. The van der Waals surface area contributed by atoms with Crippen LogP contribution in [0.25, 0.3) is 0 Å². The lowest BCUT2D eigenvalue weighted by Gasteiger charge is -2.40. The van der Waals surface area contributed by atoms with Crippen molar-refractivity contribution in [3.8, 4) is 11.8 Å². The number of rotatable bonds is 9. The Bertz CT molecular complexity index is 2050. The molecule has 14 nitrogen and oxygen atoms in total. The number of aliphatic hydroxyl groups is 1. The molecule has 3 saturated heterocycles. The second-order valence-electron chi connectivity index (χ2n) is 15.8. The molecule has 0 spiro atoms. The number of nitrogens with one attached hydrogen (secondary N) is 2. The number of amides is 4. The Balaban J connectivity index is 0.751. The fourth-order valence-corrected chi connectivity index (χ4v) is 9.11. The number of benzene rings is 2. The van der Waals surface area contributed by atoms with E-state index in [0.717, 1.165) is 95.8 Å². The van der Waals surface area contributed by atoms with Gasteiger partial charge < -0.3 is 25.0 Å². The smallest absolute Gasteiger partial charge is 0.257 e. The highest BCUT2D eigenvalue weighted by Crippen LogP contribution is 2.38. The number of fused-ring (bicyclic) bond motifs is 1. The highest BCUT2D eigenvalue weighted by atomic mass is 35.5. The Morgan fingerprint density at radius 1 is 0.930 bits per heavy atom. The average Bonchev–Trinajstić information content (AvgIpc) is 3.47. The van der Waals surface area contributed by atoms with E-state index < -0.39 is 18.2 Å². The van der Waals surface area contributed by atoms with Crippen molar-refractivity contribution in [2.75, 3.05) is 60.9 Å². The molecule has 4 fully saturated rings. The van der Waals surface area contributed by atoms with Crippen LogP contribution in [0.2, 0.25) is 5.02 Å². The second kappa shape index (κ2) is 16.7. The molecule has 0 bridgehead atoms. The summed E-state index contributed by atoms with van der Waals surface area (Å²) < 4.78 is 6.08. The van der Waals surface area contributed by atoms with Crippen molar-refractivity contribution in [3.63, 3.8) is 0 Å². The molecule has 2 unspecified atom stereocenters. The van der Waals surface area contributed by atoms with Crippen LogP contribution in [-0.2, 0) is 14.4 Å². The molecule has 2 aromatic carbocycles. The van der Waals surface area contributed by atoms with Crippen LogP contribution in [0, 0.1) is 23.2 Å². The zero-order valence-electron chi connectivity index (χ0n) is 31.7. The molecule has 298 valence electrons. The van der Waals surface area contributed by atoms with Gasteiger partial charge >= 0.3 is 0 Å². The Hall–Kier alpha value is -5.23. The highest BCUT2D eigenvalue weighted by Gasteiger charge is 2.44. The minimum absolute atomic E-state index is 0.00454. The lowest BCUT2D eigenvalue weighted by atomic mass is 9.86. The van der Waals surface area contributed by atoms with E-state index in [0.29, 0.717) is 39.1 Å². The number of anilines is 3. The number of nitriles is 1. The maximum atomic E-state index is 13.4. The van der Waals surface area contributed by atoms with Gasteiger partial charge in [-0.3, -0.25) is 34.3 Å². The summed E-state index contributed by atoms with van der Waals surface area (Å²) in [6.45, 7) is 6.35. The molecule has 4 aliphatic heterocycles. The van der Waals surface area contributed by atoms with Gasteiger partial charge in [0.1, 0.15) is 23.7 Å². The number of piperazine rings is 1. The van der Waals surface area contributed by atoms with E-state index in [1.54, 1.807) is 30.5 Å². The highest BCUT2D eigenvalue weighted by molar-refractivity contribution is 6.31. The van der Waals surface area contributed by atoms with Crippen molar-refractivity contribution in [3.05, 3.63) is 76.4 Å². The number of piperidine rings is 2. The molecule has 15 heteroatoms. The molecular weight excluding hydrogens is 748 g/mol. The number of hydrogen-bond acceptors (Lipinski definition) is 11. The molecule has 8 rings (SSSR count). The van der Waals surface area contributed by atoms with Gasteiger partial charge in [0.25, 0.3) is 5.91 Å². The SMILES string of the molecule is N#Cc1ccc(OC2CCC(C(=O)Nc3ccc(N4CCC(CN5CCN(c6ccc7c(c6)C(=O)N(C6CCC(=O)NC6=O)C7O)CC5)CC4)nc3)CC2)cc1Cl. The van der Waals surface area contributed by atoms with Crippen LogP contribution in [0.1, 0.15) is 79.1 Å². The van der Waals surface area contributed by atoms with E-state index >= 15 is 0 Å². The van der Waals surface area contributed by atoms with Gasteiger partial charge in [-0.15, -0.1) is 0 Å². The first-order valence-electron chi connectivity index (χ1n) is 20.0. The maximum Gasteiger partial charge on any atom is 0.257 e. The van der Waals surface area contributed by atoms with E-state index in [4.69, 9.17) is 26.6 Å². The summed E-state index contributed by atoms with van der Waals surface area (Å²) in [5, 5.41) is 25.7. The van der Waals surface area contributed by atoms with E-state index in [9.17, 15) is 24.3 Å². The molecule has 3 N–H and O–H groups in total. The zero-order valence-corrected chi connectivity index (χ0v) is 32.5. The number of ether oxygens (including phenoxy) is 1. The Morgan fingerprint density at radius 3 is 2.39 bits per heavy atom. The van der Waals surface area contributed by atoms with Crippen LogP contribution in [0.4, 0.5) is 17.2 Å². The number of imide groups is 1. The summed E-state index contributed by atoms with van der Waals surface area (Å²) in [6.07, 6.45) is 5.99. The minimum atomic E-state index is -1.22. The first kappa shape index (κ1) is 38.6.